The van der Waals surface area contributed by atoms with E-state index in [1.54, 1.807) is 26.0 Å². The lowest BCUT2D eigenvalue weighted by molar-refractivity contribution is -0.121. The van der Waals surface area contributed by atoms with Gasteiger partial charge in [-0.15, -0.1) is 0 Å². The zero-order chi connectivity index (χ0) is 12.1. The van der Waals surface area contributed by atoms with E-state index in [1.165, 1.54) is 6.07 Å². The minimum atomic E-state index is -0.449. The average Bonchev–Trinajstić information content (AvgIpc) is 2.23. The Hall–Kier alpha value is -1.58. The number of carbonyl (C=O) groups is 1. The summed E-state index contributed by atoms with van der Waals surface area (Å²) in [6.07, 6.45) is 0. The van der Waals surface area contributed by atoms with Gasteiger partial charge in [0, 0.05) is 6.54 Å². The standard InChI is InChI=1S/C12H17FN2O/c1-4-14-12(16)9(3)15-11-8(2)6-5-7-10(11)13/h5-7,9,15H,4H2,1-3H3,(H,14,16). The van der Waals surface area contributed by atoms with Crippen molar-refractivity contribution in [2.24, 2.45) is 0 Å². The first-order chi connectivity index (χ1) is 7.56. The van der Waals surface area contributed by atoms with Crippen LogP contribution >= 0.6 is 0 Å². The molecule has 0 aliphatic carbocycles. The van der Waals surface area contributed by atoms with Crippen LogP contribution in [0.15, 0.2) is 18.2 Å². The molecule has 0 saturated carbocycles. The van der Waals surface area contributed by atoms with Crippen molar-refractivity contribution in [3.05, 3.63) is 29.6 Å². The molecule has 0 heterocycles. The number of carbonyl (C=O) groups excluding carboxylic acids is 1. The van der Waals surface area contributed by atoms with E-state index in [0.29, 0.717) is 12.2 Å². The number of aryl methyl sites for hydroxylation is 1. The van der Waals surface area contributed by atoms with Gasteiger partial charge in [0.05, 0.1) is 5.69 Å². The summed E-state index contributed by atoms with van der Waals surface area (Å²) < 4.78 is 13.5. The predicted molar refractivity (Wildman–Crippen MR) is 62.9 cm³/mol. The van der Waals surface area contributed by atoms with E-state index in [2.05, 4.69) is 10.6 Å². The largest absolute Gasteiger partial charge is 0.371 e. The molecule has 0 aliphatic heterocycles. The lowest BCUT2D eigenvalue weighted by Gasteiger charge is -2.16. The van der Waals surface area contributed by atoms with Crippen LogP contribution in [0.5, 0.6) is 0 Å². The van der Waals surface area contributed by atoms with Crippen LogP contribution in [0.4, 0.5) is 10.1 Å². The second-order valence-corrected chi connectivity index (χ2v) is 3.69. The molecule has 4 heteroatoms. The summed E-state index contributed by atoms with van der Waals surface area (Å²) in [5.41, 5.74) is 1.18. The number of halogens is 1. The molecule has 0 spiro atoms. The topological polar surface area (TPSA) is 41.1 Å². The molecule has 3 nitrogen and oxygen atoms in total. The summed E-state index contributed by atoms with van der Waals surface area (Å²) in [5, 5.41) is 5.56. The van der Waals surface area contributed by atoms with Crippen LogP contribution in [0.25, 0.3) is 0 Å². The summed E-state index contributed by atoms with van der Waals surface area (Å²) in [5.74, 6) is -0.471. The normalized spacial score (nSPS) is 12.0. The lowest BCUT2D eigenvalue weighted by Crippen LogP contribution is -2.37. The van der Waals surface area contributed by atoms with E-state index in [0.717, 1.165) is 5.56 Å². The molecule has 88 valence electrons. The summed E-state index contributed by atoms with van der Waals surface area (Å²) in [4.78, 5) is 11.5. The average molecular weight is 224 g/mol. The van der Waals surface area contributed by atoms with Crippen LogP contribution in [0.1, 0.15) is 19.4 Å². The van der Waals surface area contributed by atoms with Gasteiger partial charge in [-0.1, -0.05) is 12.1 Å². The van der Waals surface area contributed by atoms with Gasteiger partial charge in [0.1, 0.15) is 11.9 Å². The SMILES string of the molecule is CCNC(=O)C(C)Nc1c(C)cccc1F. The Kier molecular flexibility index (Phi) is 4.28. The molecule has 2 N–H and O–H groups in total. The van der Waals surface area contributed by atoms with Crippen LogP contribution in [0.3, 0.4) is 0 Å². The molecule has 1 unspecified atom stereocenters. The van der Waals surface area contributed by atoms with Gasteiger partial charge in [-0.25, -0.2) is 4.39 Å². The van der Waals surface area contributed by atoms with Crippen LogP contribution in [-0.4, -0.2) is 18.5 Å². The third-order valence-corrected chi connectivity index (χ3v) is 2.33. The monoisotopic (exact) mass is 224 g/mol. The van der Waals surface area contributed by atoms with Crippen molar-refractivity contribution < 1.29 is 9.18 Å². The number of nitrogens with one attached hydrogen (secondary N) is 2. The molecule has 16 heavy (non-hydrogen) atoms. The van der Waals surface area contributed by atoms with Gasteiger partial charge in [0.2, 0.25) is 5.91 Å². The van der Waals surface area contributed by atoms with Crippen LogP contribution < -0.4 is 10.6 Å². The Morgan fingerprint density at radius 2 is 2.19 bits per heavy atom. The minimum Gasteiger partial charge on any atom is -0.371 e. The van der Waals surface area contributed by atoms with Crippen LogP contribution in [0.2, 0.25) is 0 Å². The number of likely N-dealkylation sites (N-methyl/N-ethyl adjacent to an activating group) is 1. The Morgan fingerprint density at radius 1 is 1.50 bits per heavy atom. The van der Waals surface area contributed by atoms with E-state index in [4.69, 9.17) is 0 Å². The minimum absolute atomic E-state index is 0.134. The van der Waals surface area contributed by atoms with Gasteiger partial charge in [-0.3, -0.25) is 4.79 Å². The molecule has 0 aromatic heterocycles. The molecule has 1 atom stereocenters. The molecular weight excluding hydrogens is 207 g/mol. The van der Waals surface area contributed by atoms with E-state index >= 15 is 0 Å². The van der Waals surface area contributed by atoms with Gasteiger partial charge in [0.25, 0.3) is 0 Å². The molecule has 0 fully saturated rings. The number of hydrogen-bond donors (Lipinski definition) is 2. The second-order valence-electron chi connectivity index (χ2n) is 3.69. The van der Waals surface area contributed by atoms with E-state index in [9.17, 15) is 9.18 Å². The van der Waals surface area contributed by atoms with E-state index in [-0.39, 0.29) is 11.7 Å². The van der Waals surface area contributed by atoms with Gasteiger partial charge in [-0.05, 0) is 32.4 Å². The first-order valence-electron chi connectivity index (χ1n) is 5.35. The maximum atomic E-state index is 13.5. The van der Waals surface area contributed by atoms with E-state index in [1.807, 2.05) is 6.92 Å². The fourth-order valence-corrected chi connectivity index (χ4v) is 1.42. The highest BCUT2D eigenvalue weighted by Crippen LogP contribution is 2.19. The van der Waals surface area contributed by atoms with Crippen molar-refractivity contribution >= 4 is 11.6 Å². The maximum absolute atomic E-state index is 13.5. The Bertz CT molecular complexity index is 359. The van der Waals surface area contributed by atoms with Crippen molar-refractivity contribution in [3.63, 3.8) is 0 Å². The third-order valence-electron chi connectivity index (χ3n) is 2.33. The fourth-order valence-electron chi connectivity index (χ4n) is 1.42. The molecule has 0 saturated heterocycles. The number of anilines is 1. The Labute approximate surface area is 95.0 Å². The number of amides is 1. The zero-order valence-electron chi connectivity index (χ0n) is 9.80. The summed E-state index contributed by atoms with van der Waals surface area (Å²) >= 11 is 0. The van der Waals surface area contributed by atoms with Crippen molar-refractivity contribution in [1.82, 2.24) is 5.32 Å². The molecular formula is C12H17FN2O. The summed E-state index contributed by atoms with van der Waals surface area (Å²) in [6.45, 7) is 5.92. The highest BCUT2D eigenvalue weighted by Gasteiger charge is 2.14. The Balaban J connectivity index is 2.76. The van der Waals surface area contributed by atoms with Gasteiger partial charge in [0.15, 0.2) is 0 Å². The molecule has 0 radical (unpaired) electrons. The third kappa shape index (κ3) is 2.95. The van der Waals surface area contributed by atoms with Gasteiger partial charge < -0.3 is 10.6 Å². The first-order valence-corrected chi connectivity index (χ1v) is 5.35. The van der Waals surface area contributed by atoms with Gasteiger partial charge >= 0.3 is 0 Å². The quantitative estimate of drug-likeness (QED) is 0.822. The van der Waals surface area contributed by atoms with Crippen molar-refractivity contribution in [3.8, 4) is 0 Å². The summed E-state index contributed by atoms with van der Waals surface area (Å²) in [7, 11) is 0. The number of rotatable bonds is 4. The van der Waals surface area contributed by atoms with Crippen LogP contribution in [0, 0.1) is 12.7 Å². The highest BCUT2D eigenvalue weighted by molar-refractivity contribution is 5.84. The van der Waals surface area contributed by atoms with Gasteiger partial charge in [-0.2, -0.15) is 0 Å². The summed E-state index contributed by atoms with van der Waals surface area (Å²) in [6, 6.07) is 4.37. The second kappa shape index (κ2) is 5.49. The molecule has 1 rings (SSSR count). The number of benzene rings is 1. The molecule has 1 amide bonds. The predicted octanol–water partition coefficient (Wildman–Crippen LogP) is 2.07. The number of para-hydroxylation sites is 1. The lowest BCUT2D eigenvalue weighted by atomic mass is 10.1. The van der Waals surface area contributed by atoms with Crippen molar-refractivity contribution in [2.45, 2.75) is 26.8 Å². The Morgan fingerprint density at radius 3 is 2.75 bits per heavy atom. The maximum Gasteiger partial charge on any atom is 0.242 e. The molecule has 0 bridgehead atoms. The fraction of sp³-hybridized carbons (Fsp3) is 0.417. The molecule has 1 aromatic carbocycles. The number of hydrogen-bond acceptors (Lipinski definition) is 2. The van der Waals surface area contributed by atoms with Crippen molar-refractivity contribution in [2.75, 3.05) is 11.9 Å². The molecule has 1 aromatic rings. The van der Waals surface area contributed by atoms with Crippen molar-refractivity contribution in [1.29, 1.82) is 0 Å². The smallest absolute Gasteiger partial charge is 0.242 e. The van der Waals surface area contributed by atoms with E-state index < -0.39 is 6.04 Å². The zero-order valence-corrected chi connectivity index (χ0v) is 9.80. The molecule has 0 aliphatic rings. The van der Waals surface area contributed by atoms with Crippen LogP contribution in [-0.2, 0) is 4.79 Å². The highest BCUT2D eigenvalue weighted by atomic mass is 19.1. The first kappa shape index (κ1) is 12.5.